The highest BCUT2D eigenvalue weighted by atomic mass is 32.1. The second-order valence-electron chi connectivity index (χ2n) is 6.93. The van der Waals surface area contributed by atoms with Crippen molar-refractivity contribution < 1.29 is 4.79 Å². The molecule has 1 fully saturated rings. The van der Waals surface area contributed by atoms with Crippen LogP contribution in [0.4, 0.5) is 0 Å². The molecular weight excluding hydrogens is 320 g/mol. The predicted molar refractivity (Wildman–Crippen MR) is 94.7 cm³/mol. The van der Waals surface area contributed by atoms with Crippen LogP contribution in [0, 0.1) is 5.92 Å². The zero-order valence-electron chi connectivity index (χ0n) is 13.9. The van der Waals surface area contributed by atoms with Crippen LogP contribution in [0.1, 0.15) is 43.0 Å². The molecule has 1 aliphatic heterocycles. The lowest BCUT2D eigenvalue weighted by molar-refractivity contribution is -0.127. The molecule has 2 aromatic heterocycles. The lowest BCUT2D eigenvalue weighted by Gasteiger charge is -2.34. The van der Waals surface area contributed by atoms with Gasteiger partial charge in [0.1, 0.15) is 0 Å². The van der Waals surface area contributed by atoms with Crippen LogP contribution in [-0.2, 0) is 17.9 Å². The Labute approximate surface area is 146 Å². The van der Waals surface area contributed by atoms with E-state index in [1.165, 1.54) is 17.7 Å². The first-order valence-corrected chi connectivity index (χ1v) is 9.77. The quantitative estimate of drug-likeness (QED) is 0.877. The largest absolute Gasteiger partial charge is 0.356 e. The molecule has 6 heteroatoms. The number of carbonyl (C=O) groups excluding carboxylic acids is 1. The van der Waals surface area contributed by atoms with Gasteiger partial charge in [-0.15, -0.1) is 0 Å². The van der Waals surface area contributed by atoms with E-state index in [9.17, 15) is 4.79 Å². The number of carbonyl (C=O) groups is 1. The van der Waals surface area contributed by atoms with Crippen LogP contribution in [0.15, 0.2) is 29.1 Å². The van der Waals surface area contributed by atoms with E-state index in [0.717, 1.165) is 45.4 Å². The van der Waals surface area contributed by atoms with Gasteiger partial charge >= 0.3 is 0 Å². The van der Waals surface area contributed by atoms with Crippen LogP contribution in [-0.4, -0.2) is 33.7 Å². The molecular formula is C18H24N4OS. The molecule has 2 aliphatic rings. The van der Waals surface area contributed by atoms with Crippen molar-refractivity contribution in [1.82, 2.24) is 20.0 Å². The van der Waals surface area contributed by atoms with E-state index >= 15 is 0 Å². The average Bonchev–Trinajstić information content (AvgIpc) is 3.16. The molecule has 0 bridgehead atoms. The molecule has 0 radical (unpaired) electrons. The molecule has 128 valence electrons. The van der Waals surface area contributed by atoms with Crippen LogP contribution in [0.5, 0.6) is 0 Å². The maximum Gasteiger partial charge on any atom is 0.223 e. The van der Waals surface area contributed by atoms with E-state index in [1.54, 1.807) is 11.3 Å². The maximum atomic E-state index is 12.0. The van der Waals surface area contributed by atoms with Gasteiger partial charge in [-0.3, -0.25) is 14.4 Å². The number of nitrogens with one attached hydrogen (secondary N) is 1. The number of hydrogen-bond acceptors (Lipinski definition) is 4. The number of rotatable bonds is 6. The molecule has 2 aromatic rings. The van der Waals surface area contributed by atoms with Crippen molar-refractivity contribution in [3.8, 4) is 0 Å². The van der Waals surface area contributed by atoms with Gasteiger partial charge in [0.25, 0.3) is 0 Å². The highest BCUT2D eigenvalue weighted by molar-refractivity contribution is 7.07. The summed E-state index contributed by atoms with van der Waals surface area (Å²) in [4.78, 5) is 14.5. The van der Waals surface area contributed by atoms with Crippen molar-refractivity contribution in [2.45, 2.75) is 44.8 Å². The third kappa shape index (κ3) is 3.39. The summed E-state index contributed by atoms with van der Waals surface area (Å²) in [6.45, 7) is 3.66. The Bertz CT molecular complexity index is 677. The first-order valence-electron chi connectivity index (χ1n) is 8.83. The standard InChI is InChI=1S/C18H24N4OS/c23-18(15-2-1-3-15)19-7-4-16-11-21(10-14-6-9-24-13-14)12-17-5-8-20-22(16)17/h5-6,8-9,13,15-16H,1-4,7,10-12H2,(H,19,23)/t16-/m0/s1. The monoisotopic (exact) mass is 344 g/mol. The van der Waals surface area contributed by atoms with Crippen LogP contribution < -0.4 is 5.32 Å². The summed E-state index contributed by atoms with van der Waals surface area (Å²) < 4.78 is 2.15. The van der Waals surface area contributed by atoms with Crippen LogP contribution in [0.3, 0.4) is 0 Å². The van der Waals surface area contributed by atoms with Gasteiger partial charge < -0.3 is 5.32 Å². The van der Waals surface area contributed by atoms with E-state index < -0.39 is 0 Å². The Kier molecular flexibility index (Phi) is 4.67. The lowest BCUT2D eigenvalue weighted by atomic mass is 9.85. The highest BCUT2D eigenvalue weighted by Gasteiger charge is 2.27. The van der Waals surface area contributed by atoms with E-state index in [2.05, 4.69) is 42.9 Å². The Morgan fingerprint density at radius 3 is 3.04 bits per heavy atom. The second-order valence-corrected chi connectivity index (χ2v) is 7.71. The zero-order chi connectivity index (χ0) is 16.4. The molecule has 0 saturated heterocycles. The minimum absolute atomic E-state index is 0.243. The van der Waals surface area contributed by atoms with Gasteiger partial charge in [-0.2, -0.15) is 16.4 Å². The third-order valence-electron chi connectivity index (χ3n) is 5.19. The molecule has 0 spiro atoms. The Morgan fingerprint density at radius 2 is 2.29 bits per heavy atom. The molecule has 1 atom stereocenters. The Morgan fingerprint density at radius 1 is 1.38 bits per heavy atom. The SMILES string of the molecule is O=C(NCC[C@H]1CN(Cc2ccsc2)Cc2ccnn21)C1CCC1. The smallest absolute Gasteiger partial charge is 0.223 e. The maximum absolute atomic E-state index is 12.0. The number of hydrogen-bond donors (Lipinski definition) is 1. The summed E-state index contributed by atoms with van der Waals surface area (Å²) in [5.74, 6) is 0.514. The minimum atomic E-state index is 0.243. The molecule has 5 nitrogen and oxygen atoms in total. The van der Waals surface area contributed by atoms with Crippen LogP contribution >= 0.6 is 11.3 Å². The van der Waals surface area contributed by atoms with Crippen LogP contribution in [0.25, 0.3) is 0 Å². The van der Waals surface area contributed by atoms with Gasteiger partial charge in [0.2, 0.25) is 5.91 Å². The summed E-state index contributed by atoms with van der Waals surface area (Å²) in [6.07, 6.45) is 6.16. The molecule has 1 saturated carbocycles. The van der Waals surface area contributed by atoms with Gasteiger partial charge in [0, 0.05) is 38.3 Å². The molecule has 0 unspecified atom stereocenters. The molecule has 1 N–H and O–H groups in total. The summed E-state index contributed by atoms with van der Waals surface area (Å²) in [7, 11) is 0. The highest BCUT2D eigenvalue weighted by Crippen LogP contribution is 2.27. The lowest BCUT2D eigenvalue weighted by Crippen LogP contribution is -2.40. The predicted octanol–water partition coefficient (Wildman–Crippen LogP) is 2.81. The Hall–Kier alpha value is -1.66. The van der Waals surface area contributed by atoms with E-state index in [4.69, 9.17) is 0 Å². The van der Waals surface area contributed by atoms with Gasteiger partial charge in [0.05, 0.1) is 11.7 Å². The number of aromatic nitrogens is 2. The van der Waals surface area contributed by atoms with Crippen molar-refractivity contribution in [2.24, 2.45) is 5.92 Å². The molecule has 1 amide bonds. The number of thiophene rings is 1. The summed E-state index contributed by atoms with van der Waals surface area (Å²) in [5, 5.41) is 12.0. The molecule has 4 rings (SSSR count). The first kappa shape index (κ1) is 15.8. The zero-order valence-corrected chi connectivity index (χ0v) is 14.7. The normalized spacial score (nSPS) is 21.2. The fourth-order valence-electron chi connectivity index (χ4n) is 3.62. The second kappa shape index (κ2) is 7.07. The summed E-state index contributed by atoms with van der Waals surface area (Å²) in [5.41, 5.74) is 2.65. The van der Waals surface area contributed by atoms with E-state index in [0.29, 0.717) is 6.04 Å². The first-order chi connectivity index (χ1) is 11.8. The Balaban J connectivity index is 1.35. The summed E-state index contributed by atoms with van der Waals surface area (Å²) >= 11 is 1.75. The molecule has 3 heterocycles. The number of fused-ring (bicyclic) bond motifs is 1. The minimum Gasteiger partial charge on any atom is -0.356 e. The number of amides is 1. The molecule has 1 aliphatic carbocycles. The molecule has 0 aromatic carbocycles. The fraction of sp³-hybridized carbons (Fsp3) is 0.556. The van der Waals surface area contributed by atoms with E-state index in [-0.39, 0.29) is 11.8 Å². The van der Waals surface area contributed by atoms with Crippen molar-refractivity contribution >= 4 is 17.2 Å². The van der Waals surface area contributed by atoms with Crippen molar-refractivity contribution in [2.75, 3.05) is 13.1 Å². The van der Waals surface area contributed by atoms with Gasteiger partial charge in [-0.1, -0.05) is 6.42 Å². The fourth-order valence-corrected chi connectivity index (χ4v) is 4.28. The van der Waals surface area contributed by atoms with Gasteiger partial charge in [-0.25, -0.2) is 0 Å². The number of nitrogens with zero attached hydrogens (tertiary/aromatic N) is 3. The molecule has 24 heavy (non-hydrogen) atoms. The van der Waals surface area contributed by atoms with Crippen molar-refractivity contribution in [3.05, 3.63) is 40.3 Å². The summed E-state index contributed by atoms with van der Waals surface area (Å²) in [6, 6.07) is 4.65. The third-order valence-corrected chi connectivity index (χ3v) is 5.92. The van der Waals surface area contributed by atoms with E-state index in [1.807, 2.05) is 6.20 Å². The topological polar surface area (TPSA) is 50.2 Å². The average molecular weight is 344 g/mol. The van der Waals surface area contributed by atoms with Gasteiger partial charge in [-0.05, 0) is 47.7 Å². The van der Waals surface area contributed by atoms with Crippen molar-refractivity contribution in [1.29, 1.82) is 0 Å². The van der Waals surface area contributed by atoms with Crippen molar-refractivity contribution in [3.63, 3.8) is 0 Å². The van der Waals surface area contributed by atoms with Gasteiger partial charge in [0.15, 0.2) is 0 Å². The van der Waals surface area contributed by atoms with Crippen LogP contribution in [0.2, 0.25) is 0 Å².